The number of benzene rings is 1. The summed E-state index contributed by atoms with van der Waals surface area (Å²) >= 11 is 0. The Kier molecular flexibility index (Phi) is 13.7. The van der Waals surface area contributed by atoms with Gasteiger partial charge in [0, 0.05) is 31.7 Å². The summed E-state index contributed by atoms with van der Waals surface area (Å²) in [5.74, 6) is 0. The van der Waals surface area contributed by atoms with Gasteiger partial charge in [-0.15, -0.1) is 0 Å². The van der Waals surface area contributed by atoms with Gasteiger partial charge in [0.1, 0.15) is 0 Å². The molecule has 1 rings (SSSR count). The molecular weight excluding hydrogens is 270 g/mol. The molecule has 0 unspecified atom stereocenters. The Morgan fingerprint density at radius 1 is 1.23 bits per heavy atom. The van der Waals surface area contributed by atoms with Crippen molar-refractivity contribution in [3.05, 3.63) is 54.6 Å². The van der Waals surface area contributed by atoms with Crippen molar-refractivity contribution in [3.63, 3.8) is 0 Å². The van der Waals surface area contributed by atoms with Gasteiger partial charge >= 0.3 is 0 Å². The lowest BCUT2D eigenvalue weighted by Gasteiger charge is -1.94. The molecule has 1 aromatic carbocycles. The SMILES string of the molecule is C=C/C(C=N)=C\C=NCCCCCC.CNc1ccccc1. The lowest BCUT2D eigenvalue weighted by Crippen LogP contribution is -1.84. The molecular formula is C19H29N3. The Balaban J connectivity index is 0.000000461. The molecule has 0 amide bonds. The highest BCUT2D eigenvalue weighted by Gasteiger charge is 1.84. The van der Waals surface area contributed by atoms with Crippen LogP contribution in [0.1, 0.15) is 32.6 Å². The Labute approximate surface area is 135 Å². The minimum absolute atomic E-state index is 0.794. The molecule has 0 aliphatic carbocycles. The van der Waals surface area contributed by atoms with Gasteiger partial charge in [-0.05, 0) is 30.2 Å². The summed E-state index contributed by atoms with van der Waals surface area (Å²) in [6, 6.07) is 10.1. The third kappa shape index (κ3) is 11.6. The molecule has 120 valence electrons. The fraction of sp³-hybridized carbons (Fsp3) is 0.368. The maximum Gasteiger partial charge on any atom is 0.0389 e. The third-order valence-electron chi connectivity index (χ3n) is 2.98. The minimum Gasteiger partial charge on any atom is -0.388 e. The lowest BCUT2D eigenvalue weighted by molar-refractivity contribution is 0.676. The largest absolute Gasteiger partial charge is 0.388 e. The molecule has 0 aliphatic heterocycles. The second kappa shape index (κ2) is 15.2. The number of rotatable bonds is 9. The van der Waals surface area contributed by atoms with E-state index in [1.54, 1.807) is 18.4 Å². The van der Waals surface area contributed by atoms with Crippen molar-refractivity contribution in [2.45, 2.75) is 32.6 Å². The monoisotopic (exact) mass is 299 g/mol. The van der Waals surface area contributed by atoms with E-state index in [-0.39, 0.29) is 0 Å². The van der Waals surface area contributed by atoms with Crippen molar-refractivity contribution >= 4 is 18.1 Å². The highest BCUT2D eigenvalue weighted by Crippen LogP contribution is 2.01. The maximum absolute atomic E-state index is 7.01. The summed E-state index contributed by atoms with van der Waals surface area (Å²) in [5.41, 5.74) is 1.95. The summed E-state index contributed by atoms with van der Waals surface area (Å²) in [6.07, 6.45) is 11.5. The van der Waals surface area contributed by atoms with Crippen LogP contribution in [0.3, 0.4) is 0 Å². The molecule has 0 heterocycles. The van der Waals surface area contributed by atoms with Crippen LogP contribution in [0, 0.1) is 5.41 Å². The van der Waals surface area contributed by atoms with Crippen LogP contribution in [0.2, 0.25) is 0 Å². The number of allylic oxidation sites excluding steroid dienone is 3. The fourth-order valence-corrected chi connectivity index (χ4v) is 1.62. The second-order valence-corrected chi connectivity index (χ2v) is 4.75. The number of para-hydroxylation sites is 1. The van der Waals surface area contributed by atoms with Crippen LogP contribution in [0.5, 0.6) is 0 Å². The van der Waals surface area contributed by atoms with Gasteiger partial charge in [-0.1, -0.05) is 57.0 Å². The molecule has 2 N–H and O–H groups in total. The van der Waals surface area contributed by atoms with Gasteiger partial charge in [-0.25, -0.2) is 0 Å². The van der Waals surface area contributed by atoms with Crippen LogP contribution >= 0.6 is 0 Å². The van der Waals surface area contributed by atoms with Crippen molar-refractivity contribution in [1.82, 2.24) is 0 Å². The molecule has 3 heteroatoms. The highest BCUT2D eigenvalue weighted by molar-refractivity contribution is 5.87. The van der Waals surface area contributed by atoms with E-state index in [4.69, 9.17) is 5.41 Å². The average molecular weight is 299 g/mol. The predicted octanol–water partition coefficient (Wildman–Crippen LogP) is 5.13. The van der Waals surface area contributed by atoms with Gasteiger partial charge in [-0.3, -0.25) is 4.99 Å². The Morgan fingerprint density at radius 3 is 2.45 bits per heavy atom. The first kappa shape index (κ1) is 19.8. The highest BCUT2D eigenvalue weighted by atomic mass is 14.8. The number of nitrogens with one attached hydrogen (secondary N) is 2. The quantitative estimate of drug-likeness (QED) is 0.371. The Morgan fingerprint density at radius 2 is 1.95 bits per heavy atom. The number of hydrogen-bond acceptors (Lipinski definition) is 3. The molecule has 0 atom stereocenters. The van der Waals surface area contributed by atoms with E-state index in [0.717, 1.165) is 24.2 Å². The van der Waals surface area contributed by atoms with Crippen molar-refractivity contribution in [3.8, 4) is 0 Å². The van der Waals surface area contributed by atoms with Crippen LogP contribution in [-0.4, -0.2) is 26.0 Å². The molecule has 1 aromatic rings. The molecule has 22 heavy (non-hydrogen) atoms. The summed E-state index contributed by atoms with van der Waals surface area (Å²) < 4.78 is 0. The molecule has 0 spiro atoms. The van der Waals surface area contributed by atoms with E-state index in [0.29, 0.717) is 0 Å². The summed E-state index contributed by atoms with van der Waals surface area (Å²) in [6.45, 7) is 6.68. The number of hydrogen-bond donors (Lipinski definition) is 2. The molecule has 0 saturated heterocycles. The van der Waals surface area contributed by atoms with Gasteiger partial charge in [0.25, 0.3) is 0 Å². The van der Waals surface area contributed by atoms with E-state index in [1.165, 1.54) is 25.5 Å². The van der Waals surface area contributed by atoms with Crippen LogP contribution in [0.15, 0.2) is 59.6 Å². The van der Waals surface area contributed by atoms with E-state index in [2.05, 4.69) is 23.8 Å². The van der Waals surface area contributed by atoms with Crippen molar-refractivity contribution in [2.24, 2.45) is 4.99 Å². The van der Waals surface area contributed by atoms with Crippen molar-refractivity contribution < 1.29 is 0 Å². The zero-order valence-electron chi connectivity index (χ0n) is 13.9. The summed E-state index contributed by atoms with van der Waals surface area (Å²) in [7, 11) is 1.91. The third-order valence-corrected chi connectivity index (χ3v) is 2.98. The topological polar surface area (TPSA) is 48.2 Å². The number of anilines is 1. The standard InChI is InChI=1S/C12H20N2.C7H9N/c1-3-5-6-7-9-14-10-8-12(4-2)11-13;1-8-7-5-3-2-4-6-7/h4,8,10-11,13H,2-3,5-7,9H2,1H3;2-6,8H,1H3/b12-8+,13-11?,14-10?;. The molecule has 0 aliphatic rings. The number of nitrogens with zero attached hydrogens (tertiary/aromatic N) is 1. The van der Waals surface area contributed by atoms with Gasteiger partial charge in [-0.2, -0.15) is 0 Å². The van der Waals surface area contributed by atoms with E-state index < -0.39 is 0 Å². The summed E-state index contributed by atoms with van der Waals surface area (Å²) in [5, 5.41) is 10.0. The van der Waals surface area contributed by atoms with E-state index in [1.807, 2.05) is 37.4 Å². The number of unbranched alkanes of at least 4 members (excludes halogenated alkanes) is 3. The van der Waals surface area contributed by atoms with Crippen LogP contribution in [0.4, 0.5) is 5.69 Å². The molecule has 0 saturated carbocycles. The second-order valence-electron chi connectivity index (χ2n) is 4.75. The maximum atomic E-state index is 7.01. The van der Waals surface area contributed by atoms with Crippen LogP contribution < -0.4 is 5.32 Å². The van der Waals surface area contributed by atoms with Gasteiger partial charge in [0.15, 0.2) is 0 Å². The molecule has 0 fully saturated rings. The van der Waals surface area contributed by atoms with Crippen molar-refractivity contribution in [2.75, 3.05) is 18.9 Å². The Bertz CT molecular complexity index is 437. The molecule has 0 bridgehead atoms. The van der Waals surface area contributed by atoms with Crippen LogP contribution in [-0.2, 0) is 0 Å². The lowest BCUT2D eigenvalue weighted by atomic mass is 10.2. The van der Waals surface area contributed by atoms with E-state index >= 15 is 0 Å². The first-order valence-corrected chi connectivity index (χ1v) is 7.84. The molecule has 0 radical (unpaired) electrons. The first-order valence-electron chi connectivity index (χ1n) is 7.84. The first-order chi connectivity index (χ1) is 10.8. The Hall–Kier alpha value is -2.16. The van der Waals surface area contributed by atoms with Gasteiger partial charge in [0.05, 0.1) is 0 Å². The zero-order chi connectivity index (χ0) is 16.5. The molecule has 0 aromatic heterocycles. The predicted molar refractivity (Wildman–Crippen MR) is 101 cm³/mol. The number of aliphatic imine (C=N–C) groups is 1. The summed E-state index contributed by atoms with van der Waals surface area (Å²) in [4.78, 5) is 4.23. The van der Waals surface area contributed by atoms with Crippen LogP contribution in [0.25, 0.3) is 0 Å². The van der Waals surface area contributed by atoms with Gasteiger partial charge in [0.2, 0.25) is 0 Å². The average Bonchev–Trinajstić information content (AvgIpc) is 2.59. The van der Waals surface area contributed by atoms with E-state index in [9.17, 15) is 0 Å². The van der Waals surface area contributed by atoms with Crippen molar-refractivity contribution in [1.29, 1.82) is 5.41 Å². The fourth-order valence-electron chi connectivity index (χ4n) is 1.62. The smallest absolute Gasteiger partial charge is 0.0389 e. The minimum atomic E-state index is 0.794. The molecule has 3 nitrogen and oxygen atoms in total. The normalized spacial score (nSPS) is 10.7. The zero-order valence-corrected chi connectivity index (χ0v) is 13.9. The van der Waals surface area contributed by atoms with Gasteiger partial charge < -0.3 is 10.7 Å².